The summed E-state index contributed by atoms with van der Waals surface area (Å²) >= 11 is 0. The van der Waals surface area contributed by atoms with Gasteiger partial charge in [0.1, 0.15) is 0 Å². The molecule has 1 heterocycles. The fourth-order valence-corrected chi connectivity index (χ4v) is 1.68. The molecule has 0 spiro atoms. The number of aromatic nitrogens is 1. The minimum atomic E-state index is -4.32. The van der Waals surface area contributed by atoms with Crippen LogP contribution in [0, 0.1) is 0 Å². The minimum Gasteiger partial charge on any atom is -0.393 e. The van der Waals surface area contributed by atoms with Gasteiger partial charge in [0.25, 0.3) is 0 Å². The number of aliphatic hydroxyl groups is 1. The SMILES string of the molecule is O[C@H]1C[C@@H](c2cc(C(F)(F)F)ccn2)C1. The topological polar surface area (TPSA) is 33.1 Å². The van der Waals surface area contributed by atoms with E-state index in [4.69, 9.17) is 5.11 Å². The minimum absolute atomic E-state index is 0.0256. The molecule has 1 fully saturated rings. The molecule has 0 radical (unpaired) electrons. The summed E-state index contributed by atoms with van der Waals surface area (Å²) in [5, 5.41) is 9.06. The van der Waals surface area contributed by atoms with Crippen LogP contribution in [0.15, 0.2) is 18.3 Å². The van der Waals surface area contributed by atoms with E-state index in [1.54, 1.807) is 0 Å². The molecular formula is C10H10F3NO. The molecule has 0 bridgehead atoms. The van der Waals surface area contributed by atoms with Gasteiger partial charge in [0, 0.05) is 17.8 Å². The first-order valence-corrected chi connectivity index (χ1v) is 4.68. The first-order chi connectivity index (χ1) is 6.97. The van der Waals surface area contributed by atoms with E-state index in [2.05, 4.69) is 4.98 Å². The molecular weight excluding hydrogens is 207 g/mol. The average Bonchev–Trinajstić information content (AvgIpc) is 2.12. The van der Waals surface area contributed by atoms with Crippen molar-refractivity contribution in [3.63, 3.8) is 0 Å². The van der Waals surface area contributed by atoms with E-state index in [-0.39, 0.29) is 12.0 Å². The molecule has 1 aromatic heterocycles. The summed E-state index contributed by atoms with van der Waals surface area (Å²) in [5.41, 5.74) is -0.246. The Labute approximate surface area is 84.8 Å². The molecule has 1 N–H and O–H groups in total. The predicted molar refractivity (Wildman–Crippen MR) is 47.2 cm³/mol. The standard InChI is InChI=1S/C10H10F3NO/c11-10(12,13)7-1-2-14-9(5-7)6-3-8(15)4-6/h1-2,5-6,8,15H,3-4H2/t6-,8+. The van der Waals surface area contributed by atoms with Gasteiger partial charge in [0.15, 0.2) is 0 Å². The highest BCUT2D eigenvalue weighted by atomic mass is 19.4. The number of nitrogens with zero attached hydrogens (tertiary/aromatic N) is 1. The average molecular weight is 217 g/mol. The van der Waals surface area contributed by atoms with Gasteiger partial charge in [-0.05, 0) is 25.0 Å². The summed E-state index contributed by atoms with van der Waals surface area (Å²) < 4.78 is 37.1. The van der Waals surface area contributed by atoms with Gasteiger partial charge in [-0.2, -0.15) is 13.2 Å². The Morgan fingerprint density at radius 1 is 1.33 bits per heavy atom. The highest BCUT2D eigenvalue weighted by Gasteiger charge is 2.34. The quantitative estimate of drug-likeness (QED) is 0.783. The summed E-state index contributed by atoms with van der Waals surface area (Å²) in [6, 6.07) is 2.02. The van der Waals surface area contributed by atoms with Crippen LogP contribution in [0.25, 0.3) is 0 Å². The van der Waals surface area contributed by atoms with Gasteiger partial charge in [-0.1, -0.05) is 0 Å². The van der Waals surface area contributed by atoms with Crippen molar-refractivity contribution >= 4 is 0 Å². The van der Waals surface area contributed by atoms with Crippen molar-refractivity contribution < 1.29 is 18.3 Å². The van der Waals surface area contributed by atoms with Crippen molar-refractivity contribution in [1.29, 1.82) is 0 Å². The van der Waals surface area contributed by atoms with E-state index in [0.29, 0.717) is 18.5 Å². The van der Waals surface area contributed by atoms with Crippen LogP contribution >= 0.6 is 0 Å². The third kappa shape index (κ3) is 2.12. The monoisotopic (exact) mass is 217 g/mol. The predicted octanol–water partition coefficient (Wildman–Crippen LogP) is 2.34. The summed E-state index contributed by atoms with van der Waals surface area (Å²) in [7, 11) is 0. The van der Waals surface area contributed by atoms with Crippen LogP contribution in [-0.2, 0) is 6.18 Å². The zero-order valence-electron chi connectivity index (χ0n) is 7.83. The molecule has 1 aliphatic rings. The zero-order valence-corrected chi connectivity index (χ0v) is 7.83. The number of aliphatic hydroxyl groups excluding tert-OH is 1. The maximum absolute atomic E-state index is 12.4. The second-order valence-electron chi connectivity index (χ2n) is 3.79. The molecule has 0 atom stereocenters. The zero-order chi connectivity index (χ0) is 11.1. The molecule has 0 saturated heterocycles. The Morgan fingerprint density at radius 3 is 2.53 bits per heavy atom. The van der Waals surface area contributed by atoms with Gasteiger partial charge in [-0.25, -0.2) is 0 Å². The van der Waals surface area contributed by atoms with Gasteiger partial charge in [0.2, 0.25) is 0 Å². The summed E-state index contributed by atoms with van der Waals surface area (Å²) in [5.74, 6) is -0.0256. The van der Waals surface area contributed by atoms with Crippen LogP contribution in [0.2, 0.25) is 0 Å². The van der Waals surface area contributed by atoms with Crippen molar-refractivity contribution in [2.24, 2.45) is 0 Å². The first-order valence-electron chi connectivity index (χ1n) is 4.68. The molecule has 2 rings (SSSR count). The molecule has 5 heteroatoms. The van der Waals surface area contributed by atoms with Gasteiger partial charge in [-0.15, -0.1) is 0 Å². The molecule has 1 aromatic rings. The molecule has 0 aliphatic heterocycles. The van der Waals surface area contributed by atoms with Crippen molar-refractivity contribution in [3.8, 4) is 0 Å². The van der Waals surface area contributed by atoms with Gasteiger partial charge in [-0.3, -0.25) is 4.98 Å². The van der Waals surface area contributed by atoms with Crippen LogP contribution < -0.4 is 0 Å². The number of hydrogen-bond acceptors (Lipinski definition) is 2. The molecule has 2 nitrogen and oxygen atoms in total. The number of pyridine rings is 1. The van der Waals surface area contributed by atoms with Crippen LogP contribution in [0.3, 0.4) is 0 Å². The van der Waals surface area contributed by atoms with E-state index in [1.165, 1.54) is 6.20 Å². The Bertz CT molecular complexity index is 358. The molecule has 1 aliphatic carbocycles. The fraction of sp³-hybridized carbons (Fsp3) is 0.500. The molecule has 15 heavy (non-hydrogen) atoms. The maximum Gasteiger partial charge on any atom is 0.416 e. The van der Waals surface area contributed by atoms with Crippen LogP contribution in [0.4, 0.5) is 13.2 Å². The fourth-order valence-electron chi connectivity index (χ4n) is 1.68. The normalized spacial score (nSPS) is 26.1. The van der Waals surface area contributed by atoms with E-state index < -0.39 is 11.7 Å². The lowest BCUT2D eigenvalue weighted by atomic mass is 9.80. The van der Waals surface area contributed by atoms with Crippen LogP contribution in [0.1, 0.15) is 30.0 Å². The number of alkyl halides is 3. The Hall–Kier alpha value is -1.10. The summed E-state index contributed by atoms with van der Waals surface area (Å²) in [6.45, 7) is 0. The van der Waals surface area contributed by atoms with E-state index in [0.717, 1.165) is 12.1 Å². The Balaban J connectivity index is 2.20. The lowest BCUT2D eigenvalue weighted by Crippen LogP contribution is -2.27. The summed E-state index contributed by atoms with van der Waals surface area (Å²) in [4.78, 5) is 3.90. The second kappa shape index (κ2) is 3.48. The van der Waals surface area contributed by atoms with Crippen LogP contribution in [0.5, 0.6) is 0 Å². The van der Waals surface area contributed by atoms with Gasteiger partial charge in [0.05, 0.1) is 11.7 Å². The van der Waals surface area contributed by atoms with Crippen molar-refractivity contribution in [1.82, 2.24) is 4.98 Å². The van der Waals surface area contributed by atoms with Crippen molar-refractivity contribution in [3.05, 3.63) is 29.6 Å². The molecule has 0 unspecified atom stereocenters. The highest BCUT2D eigenvalue weighted by Crippen LogP contribution is 2.37. The van der Waals surface area contributed by atoms with E-state index in [1.807, 2.05) is 0 Å². The summed E-state index contributed by atoms with van der Waals surface area (Å²) in [6.07, 6.45) is -2.52. The molecule has 1 saturated carbocycles. The third-order valence-corrected chi connectivity index (χ3v) is 2.64. The van der Waals surface area contributed by atoms with Gasteiger partial charge >= 0.3 is 6.18 Å². The Kier molecular flexibility index (Phi) is 2.42. The Morgan fingerprint density at radius 2 is 2.00 bits per heavy atom. The number of rotatable bonds is 1. The third-order valence-electron chi connectivity index (χ3n) is 2.64. The molecule has 82 valence electrons. The molecule has 0 aromatic carbocycles. The lowest BCUT2D eigenvalue weighted by Gasteiger charge is -2.31. The second-order valence-corrected chi connectivity index (χ2v) is 3.79. The largest absolute Gasteiger partial charge is 0.416 e. The van der Waals surface area contributed by atoms with Crippen LogP contribution in [-0.4, -0.2) is 16.2 Å². The smallest absolute Gasteiger partial charge is 0.393 e. The van der Waals surface area contributed by atoms with Crippen molar-refractivity contribution in [2.45, 2.75) is 31.0 Å². The van der Waals surface area contributed by atoms with E-state index >= 15 is 0 Å². The highest BCUT2D eigenvalue weighted by molar-refractivity contribution is 5.23. The van der Waals surface area contributed by atoms with Crippen molar-refractivity contribution in [2.75, 3.05) is 0 Å². The number of hydrogen-bond donors (Lipinski definition) is 1. The lowest BCUT2D eigenvalue weighted by molar-refractivity contribution is -0.137. The molecule has 0 amide bonds. The number of halogens is 3. The van der Waals surface area contributed by atoms with E-state index in [9.17, 15) is 13.2 Å². The first kappa shape index (κ1) is 10.4. The van der Waals surface area contributed by atoms with Gasteiger partial charge < -0.3 is 5.11 Å². The maximum atomic E-state index is 12.4.